The van der Waals surface area contributed by atoms with E-state index in [9.17, 15) is 15.0 Å². The van der Waals surface area contributed by atoms with Gasteiger partial charge in [0, 0.05) is 6.07 Å². The molecule has 74 valence electrons. The van der Waals surface area contributed by atoms with Gasteiger partial charge in [0.2, 0.25) is 0 Å². The number of ether oxygens (including phenoxy) is 1. The van der Waals surface area contributed by atoms with Crippen LogP contribution in [0.25, 0.3) is 0 Å². The molecule has 0 fully saturated rings. The molecule has 1 aromatic rings. The molecule has 0 atom stereocenters. The number of anilines is 1. The van der Waals surface area contributed by atoms with Crippen LogP contribution in [0.4, 0.5) is 11.4 Å². The quantitative estimate of drug-likeness (QED) is 0.450. The van der Waals surface area contributed by atoms with Gasteiger partial charge < -0.3 is 4.74 Å². The summed E-state index contributed by atoms with van der Waals surface area (Å²) in [7, 11) is 1.34. The van der Waals surface area contributed by atoms with Crippen LogP contribution in [0.15, 0.2) is 23.5 Å². The van der Waals surface area contributed by atoms with Gasteiger partial charge in [-0.2, -0.15) is 0 Å². The second kappa shape index (κ2) is 4.17. The summed E-state index contributed by atoms with van der Waals surface area (Å²) in [4.78, 5) is 19.7. The number of hydrogen-bond acceptors (Lipinski definition) is 5. The van der Waals surface area contributed by atoms with Gasteiger partial charge in [0.1, 0.15) is 5.69 Å². The number of non-ortho nitro benzene ring substituents is 1. The molecule has 7 heteroatoms. The number of nitroso groups, excluding NO2 is 1. The molecule has 0 bridgehead atoms. The first-order chi connectivity index (χ1) is 6.69. The van der Waals surface area contributed by atoms with E-state index in [2.05, 4.69) is 10.7 Å². The molecule has 1 N–H and O–H groups in total. The molecule has 0 heterocycles. The normalized spacial score (nSPS) is 9.21. The van der Waals surface area contributed by atoms with Crippen molar-refractivity contribution in [2.75, 3.05) is 12.5 Å². The van der Waals surface area contributed by atoms with Crippen molar-refractivity contribution in [2.24, 2.45) is 5.29 Å². The second-order valence-electron chi connectivity index (χ2n) is 2.34. The third-order valence-corrected chi connectivity index (χ3v) is 1.56. The number of benzene rings is 1. The van der Waals surface area contributed by atoms with E-state index >= 15 is 0 Å². The molecule has 0 aliphatic rings. The molecule has 0 radical (unpaired) electrons. The van der Waals surface area contributed by atoms with Gasteiger partial charge in [-0.15, -0.1) is 4.91 Å². The second-order valence-corrected chi connectivity index (χ2v) is 2.34. The van der Waals surface area contributed by atoms with Crippen LogP contribution in [0.5, 0.6) is 5.75 Å². The SMILES string of the molecule is COc1cc([N+](=O)[O-])ccc1NN=O. The van der Waals surface area contributed by atoms with Gasteiger partial charge in [0.15, 0.2) is 5.75 Å². The highest BCUT2D eigenvalue weighted by molar-refractivity contribution is 5.60. The molecule has 0 aliphatic heterocycles. The van der Waals surface area contributed by atoms with Gasteiger partial charge in [-0.3, -0.25) is 10.1 Å². The summed E-state index contributed by atoms with van der Waals surface area (Å²) in [5, 5.41) is 12.8. The lowest BCUT2D eigenvalue weighted by Gasteiger charge is -2.04. The molecule has 0 saturated heterocycles. The standard InChI is InChI=1S/C7H7N3O4/c1-14-7-4-5(10(12)13)2-3-6(7)8-9-11/h2-4H,1H3,(H,8,11). The Labute approximate surface area is 78.8 Å². The third kappa shape index (κ3) is 1.94. The Balaban J connectivity index is 3.10. The predicted octanol–water partition coefficient (Wildman–Crippen LogP) is 1.70. The Morgan fingerprint density at radius 3 is 2.79 bits per heavy atom. The lowest BCUT2D eigenvalue weighted by Crippen LogP contribution is -1.94. The number of methoxy groups -OCH3 is 1. The minimum absolute atomic E-state index is 0.113. The van der Waals surface area contributed by atoms with Gasteiger partial charge in [-0.05, 0) is 6.07 Å². The van der Waals surface area contributed by atoms with E-state index in [1.165, 1.54) is 25.3 Å². The average Bonchev–Trinajstić information content (AvgIpc) is 2.18. The first-order valence-corrected chi connectivity index (χ1v) is 3.60. The Morgan fingerprint density at radius 1 is 1.57 bits per heavy atom. The van der Waals surface area contributed by atoms with E-state index in [1.807, 2.05) is 0 Å². The molecule has 1 aromatic carbocycles. The molecule has 0 spiro atoms. The summed E-state index contributed by atoms with van der Waals surface area (Å²) < 4.78 is 4.82. The lowest BCUT2D eigenvalue weighted by molar-refractivity contribution is -0.384. The number of nitro groups is 1. The molecule has 14 heavy (non-hydrogen) atoms. The Hall–Kier alpha value is -2.18. The first-order valence-electron chi connectivity index (χ1n) is 3.60. The van der Waals surface area contributed by atoms with Gasteiger partial charge in [0.25, 0.3) is 5.69 Å². The van der Waals surface area contributed by atoms with Crippen LogP contribution < -0.4 is 10.2 Å². The maximum Gasteiger partial charge on any atom is 0.273 e. The van der Waals surface area contributed by atoms with Crippen LogP contribution in [0.2, 0.25) is 0 Å². The van der Waals surface area contributed by atoms with Crippen LogP contribution in [0.1, 0.15) is 0 Å². The molecule has 0 saturated carbocycles. The highest BCUT2D eigenvalue weighted by Gasteiger charge is 2.10. The zero-order valence-electron chi connectivity index (χ0n) is 7.26. The first kappa shape index (κ1) is 9.90. The van der Waals surface area contributed by atoms with Crippen molar-refractivity contribution in [3.8, 4) is 5.75 Å². The van der Waals surface area contributed by atoms with Gasteiger partial charge in [-0.25, -0.2) is 5.43 Å². The van der Waals surface area contributed by atoms with E-state index < -0.39 is 4.92 Å². The fourth-order valence-electron chi connectivity index (χ4n) is 0.935. The smallest absolute Gasteiger partial charge is 0.273 e. The highest BCUT2D eigenvalue weighted by atomic mass is 16.6. The van der Waals surface area contributed by atoms with Crippen LogP contribution in [-0.2, 0) is 0 Å². The largest absolute Gasteiger partial charge is 0.494 e. The molecular formula is C7H7N3O4. The Morgan fingerprint density at radius 2 is 2.29 bits per heavy atom. The van der Waals surface area contributed by atoms with Crippen molar-refractivity contribution in [3.05, 3.63) is 33.2 Å². The van der Waals surface area contributed by atoms with Crippen LogP contribution in [-0.4, -0.2) is 12.0 Å². The molecule has 0 amide bonds. The molecule has 7 nitrogen and oxygen atoms in total. The number of nitrogens with one attached hydrogen (secondary N) is 1. The van der Waals surface area contributed by atoms with E-state index in [0.29, 0.717) is 0 Å². The maximum absolute atomic E-state index is 10.4. The van der Waals surface area contributed by atoms with Gasteiger partial charge in [-0.1, -0.05) is 0 Å². The fraction of sp³-hybridized carbons (Fsp3) is 0.143. The number of nitrogens with zero attached hydrogens (tertiary/aromatic N) is 2. The number of nitro benzene ring substituents is 1. The minimum atomic E-state index is -0.555. The molecule has 1 rings (SSSR count). The maximum atomic E-state index is 10.4. The van der Waals surface area contributed by atoms with Crippen LogP contribution >= 0.6 is 0 Å². The van der Waals surface area contributed by atoms with E-state index in [4.69, 9.17) is 4.74 Å². The highest BCUT2D eigenvalue weighted by Crippen LogP contribution is 2.28. The lowest BCUT2D eigenvalue weighted by atomic mass is 10.2. The van der Waals surface area contributed by atoms with Crippen molar-refractivity contribution < 1.29 is 9.66 Å². The third-order valence-electron chi connectivity index (χ3n) is 1.56. The van der Waals surface area contributed by atoms with Gasteiger partial charge >= 0.3 is 0 Å². The predicted molar refractivity (Wildman–Crippen MR) is 49.1 cm³/mol. The fourth-order valence-corrected chi connectivity index (χ4v) is 0.935. The summed E-state index contributed by atoms with van der Waals surface area (Å²) in [5.74, 6) is 0.193. The Bertz CT molecular complexity index is 366. The number of hydrogen-bond donors (Lipinski definition) is 1. The van der Waals surface area contributed by atoms with E-state index in [-0.39, 0.29) is 17.1 Å². The monoisotopic (exact) mass is 197 g/mol. The molecule has 0 aromatic heterocycles. The zero-order chi connectivity index (χ0) is 10.6. The molecular weight excluding hydrogens is 190 g/mol. The van der Waals surface area contributed by atoms with E-state index in [1.54, 1.807) is 0 Å². The van der Waals surface area contributed by atoms with E-state index in [0.717, 1.165) is 0 Å². The number of rotatable bonds is 4. The van der Waals surface area contributed by atoms with Crippen LogP contribution in [0.3, 0.4) is 0 Å². The minimum Gasteiger partial charge on any atom is -0.494 e. The summed E-state index contributed by atoms with van der Waals surface area (Å²) in [6.45, 7) is 0. The van der Waals surface area contributed by atoms with Crippen molar-refractivity contribution in [2.45, 2.75) is 0 Å². The van der Waals surface area contributed by atoms with Crippen molar-refractivity contribution in [3.63, 3.8) is 0 Å². The van der Waals surface area contributed by atoms with Gasteiger partial charge in [0.05, 0.1) is 23.4 Å². The summed E-state index contributed by atoms with van der Waals surface area (Å²) in [5.41, 5.74) is 2.29. The summed E-state index contributed by atoms with van der Waals surface area (Å²) in [6.07, 6.45) is 0. The summed E-state index contributed by atoms with van der Waals surface area (Å²) in [6, 6.07) is 3.79. The Kier molecular flexibility index (Phi) is 2.95. The molecule has 0 aliphatic carbocycles. The summed E-state index contributed by atoms with van der Waals surface area (Å²) >= 11 is 0. The van der Waals surface area contributed by atoms with Crippen molar-refractivity contribution in [1.82, 2.24) is 0 Å². The average molecular weight is 197 g/mol. The van der Waals surface area contributed by atoms with Crippen molar-refractivity contribution in [1.29, 1.82) is 0 Å². The zero-order valence-corrected chi connectivity index (χ0v) is 7.26. The topological polar surface area (TPSA) is 93.8 Å². The van der Waals surface area contributed by atoms with Crippen LogP contribution in [0, 0.1) is 15.0 Å². The molecule has 0 unspecified atom stereocenters. The van der Waals surface area contributed by atoms with Crippen molar-refractivity contribution >= 4 is 11.4 Å².